The number of nitrogens with zero attached hydrogens (tertiary/aromatic N) is 2. The highest BCUT2D eigenvalue weighted by atomic mass is 14.8. The van der Waals surface area contributed by atoms with Crippen LogP contribution >= 0.6 is 0 Å². The number of benzene rings is 1. The van der Waals surface area contributed by atoms with Crippen molar-refractivity contribution in [3.63, 3.8) is 0 Å². The molecular weight excluding hydrogens is 210 g/mol. The molecule has 0 aliphatic rings. The van der Waals surface area contributed by atoms with Crippen LogP contribution in [0.2, 0.25) is 0 Å². The van der Waals surface area contributed by atoms with E-state index < -0.39 is 0 Å². The van der Waals surface area contributed by atoms with E-state index in [1.807, 2.05) is 54.7 Å². The van der Waals surface area contributed by atoms with Gasteiger partial charge in [-0.1, -0.05) is 12.1 Å². The number of nitrogens with one attached hydrogen (secondary N) is 1. The first-order valence-electron chi connectivity index (χ1n) is 5.45. The van der Waals surface area contributed by atoms with Gasteiger partial charge in [-0.05, 0) is 36.4 Å². The molecule has 0 aliphatic heterocycles. The van der Waals surface area contributed by atoms with Crippen molar-refractivity contribution >= 4 is 23.2 Å². The van der Waals surface area contributed by atoms with E-state index in [2.05, 4.69) is 15.0 Å². The second kappa shape index (κ2) is 4.22. The third kappa shape index (κ3) is 2.08. The zero-order chi connectivity index (χ0) is 11.5. The summed E-state index contributed by atoms with van der Waals surface area (Å²) in [7, 11) is 0. The number of hydrogen-bond acceptors (Lipinski definition) is 2. The van der Waals surface area contributed by atoms with E-state index in [4.69, 9.17) is 0 Å². The van der Waals surface area contributed by atoms with Crippen LogP contribution in [-0.4, -0.2) is 15.0 Å². The Balaban J connectivity index is 1.96. The summed E-state index contributed by atoms with van der Waals surface area (Å²) in [6.45, 7) is 0. The lowest BCUT2D eigenvalue weighted by atomic mass is 10.3. The molecule has 0 bridgehead atoms. The zero-order valence-corrected chi connectivity index (χ0v) is 9.17. The Morgan fingerprint density at radius 1 is 0.941 bits per heavy atom. The summed E-state index contributed by atoms with van der Waals surface area (Å²) >= 11 is 0. The van der Waals surface area contributed by atoms with Crippen LogP contribution in [0.3, 0.4) is 0 Å². The molecule has 1 aromatic carbocycles. The Hall–Kier alpha value is -2.42. The molecule has 0 spiro atoms. The molecule has 0 fully saturated rings. The Kier molecular flexibility index (Phi) is 2.43. The molecule has 2 aromatic heterocycles. The first-order valence-corrected chi connectivity index (χ1v) is 5.45. The minimum absolute atomic E-state index is 0.860. The number of aromatic nitrogens is 3. The summed E-state index contributed by atoms with van der Waals surface area (Å²) in [5.41, 5.74) is 3.75. The maximum Gasteiger partial charge on any atom is 0.0894 e. The van der Waals surface area contributed by atoms with Gasteiger partial charge in [0.15, 0.2) is 0 Å². The number of fused-ring (bicyclic) bond motifs is 1. The van der Waals surface area contributed by atoms with E-state index in [-0.39, 0.29) is 0 Å². The van der Waals surface area contributed by atoms with Gasteiger partial charge in [0.25, 0.3) is 0 Å². The lowest BCUT2D eigenvalue weighted by Gasteiger charge is -1.97. The van der Waals surface area contributed by atoms with Gasteiger partial charge in [-0.15, -0.1) is 0 Å². The van der Waals surface area contributed by atoms with Gasteiger partial charge in [0.05, 0.1) is 22.9 Å². The minimum atomic E-state index is 0.860. The molecule has 3 aromatic rings. The van der Waals surface area contributed by atoms with Gasteiger partial charge in [-0.25, -0.2) is 4.98 Å². The van der Waals surface area contributed by atoms with Crippen LogP contribution in [0.4, 0.5) is 0 Å². The molecule has 0 radical (unpaired) electrons. The lowest BCUT2D eigenvalue weighted by Crippen LogP contribution is -1.86. The van der Waals surface area contributed by atoms with Gasteiger partial charge >= 0.3 is 0 Å². The van der Waals surface area contributed by atoms with Crippen LogP contribution < -0.4 is 0 Å². The summed E-state index contributed by atoms with van der Waals surface area (Å²) in [4.78, 5) is 12.0. The summed E-state index contributed by atoms with van der Waals surface area (Å²) in [6, 6.07) is 11.8. The largest absolute Gasteiger partial charge is 0.362 e. The maximum atomic E-state index is 4.51. The summed E-state index contributed by atoms with van der Waals surface area (Å²) in [5, 5.41) is 0. The molecule has 1 N–H and O–H groups in total. The molecule has 0 aliphatic carbocycles. The molecular formula is C14H11N3. The fraction of sp³-hybridized carbons (Fsp3) is 0. The van der Waals surface area contributed by atoms with Crippen molar-refractivity contribution in [3.05, 3.63) is 60.2 Å². The van der Waals surface area contributed by atoms with E-state index >= 15 is 0 Å². The number of para-hydroxylation sites is 2. The van der Waals surface area contributed by atoms with E-state index in [0.29, 0.717) is 0 Å². The summed E-state index contributed by atoms with van der Waals surface area (Å²) < 4.78 is 0. The Bertz CT molecular complexity index is 654. The first-order chi connectivity index (χ1) is 8.42. The van der Waals surface area contributed by atoms with Crippen molar-refractivity contribution in [1.82, 2.24) is 15.0 Å². The second-order valence-corrected chi connectivity index (χ2v) is 3.74. The van der Waals surface area contributed by atoms with Crippen molar-refractivity contribution in [1.29, 1.82) is 0 Å². The molecule has 3 heteroatoms. The van der Waals surface area contributed by atoms with E-state index in [1.165, 1.54) is 0 Å². The van der Waals surface area contributed by atoms with Crippen LogP contribution in [-0.2, 0) is 0 Å². The van der Waals surface area contributed by atoms with Crippen LogP contribution in [0, 0.1) is 0 Å². The summed E-state index contributed by atoms with van der Waals surface area (Å²) in [6.07, 6.45) is 7.61. The average molecular weight is 221 g/mol. The lowest BCUT2D eigenvalue weighted by molar-refractivity contribution is 1.27. The predicted molar refractivity (Wildman–Crippen MR) is 69.3 cm³/mol. The van der Waals surface area contributed by atoms with Crippen LogP contribution in [0.25, 0.3) is 23.2 Å². The summed E-state index contributed by atoms with van der Waals surface area (Å²) in [5.74, 6) is 0. The Labute approximate surface area is 98.9 Å². The van der Waals surface area contributed by atoms with Gasteiger partial charge in [-0.3, -0.25) is 4.98 Å². The fourth-order valence-corrected chi connectivity index (χ4v) is 1.67. The van der Waals surface area contributed by atoms with Crippen molar-refractivity contribution in [2.24, 2.45) is 0 Å². The van der Waals surface area contributed by atoms with Crippen molar-refractivity contribution in [2.45, 2.75) is 0 Å². The minimum Gasteiger partial charge on any atom is -0.362 e. The van der Waals surface area contributed by atoms with Crippen LogP contribution in [0.15, 0.2) is 48.8 Å². The number of hydrogen-bond donors (Lipinski definition) is 1. The Morgan fingerprint density at radius 3 is 2.65 bits per heavy atom. The standard InChI is InChI=1S/C14H11N3/c1-2-6-14-13(5-1)16-10-12(17-14)8-7-11-4-3-9-15-11/h1-10,15H. The molecule has 0 saturated carbocycles. The SMILES string of the molecule is C(=Cc1ccc[nH]1)c1cnc2ccccc2n1. The normalized spacial score (nSPS) is 11.3. The van der Waals surface area contributed by atoms with Gasteiger partial charge in [-0.2, -0.15) is 0 Å². The van der Waals surface area contributed by atoms with Crippen molar-refractivity contribution in [3.8, 4) is 0 Å². The number of H-pyrrole nitrogens is 1. The molecule has 0 atom stereocenters. The first kappa shape index (κ1) is 9.78. The highest BCUT2D eigenvalue weighted by Crippen LogP contribution is 2.10. The van der Waals surface area contributed by atoms with Crippen molar-refractivity contribution in [2.75, 3.05) is 0 Å². The Morgan fingerprint density at radius 2 is 1.82 bits per heavy atom. The quantitative estimate of drug-likeness (QED) is 0.722. The van der Waals surface area contributed by atoms with Gasteiger partial charge in [0, 0.05) is 11.9 Å². The highest BCUT2D eigenvalue weighted by molar-refractivity contribution is 5.76. The smallest absolute Gasteiger partial charge is 0.0894 e. The molecule has 3 nitrogen and oxygen atoms in total. The molecule has 3 rings (SSSR count). The third-order valence-corrected chi connectivity index (χ3v) is 2.52. The second-order valence-electron chi connectivity index (χ2n) is 3.74. The molecule has 82 valence electrons. The highest BCUT2D eigenvalue weighted by Gasteiger charge is 1.95. The van der Waals surface area contributed by atoms with Gasteiger partial charge < -0.3 is 4.98 Å². The van der Waals surface area contributed by atoms with Gasteiger partial charge in [0.2, 0.25) is 0 Å². The number of aromatic amines is 1. The third-order valence-electron chi connectivity index (χ3n) is 2.52. The average Bonchev–Trinajstić information content (AvgIpc) is 2.89. The molecule has 0 saturated heterocycles. The van der Waals surface area contributed by atoms with E-state index in [9.17, 15) is 0 Å². The van der Waals surface area contributed by atoms with Crippen molar-refractivity contribution < 1.29 is 0 Å². The fourth-order valence-electron chi connectivity index (χ4n) is 1.67. The van der Waals surface area contributed by atoms with E-state index in [0.717, 1.165) is 22.4 Å². The molecule has 0 unspecified atom stereocenters. The molecule has 2 heterocycles. The number of rotatable bonds is 2. The maximum absolute atomic E-state index is 4.51. The van der Waals surface area contributed by atoms with Gasteiger partial charge in [0.1, 0.15) is 0 Å². The van der Waals surface area contributed by atoms with E-state index in [1.54, 1.807) is 6.20 Å². The topological polar surface area (TPSA) is 41.6 Å². The predicted octanol–water partition coefficient (Wildman–Crippen LogP) is 3.13. The molecule has 0 amide bonds. The van der Waals surface area contributed by atoms with Crippen LogP contribution in [0.5, 0.6) is 0 Å². The monoisotopic (exact) mass is 221 g/mol. The molecule has 17 heavy (non-hydrogen) atoms. The zero-order valence-electron chi connectivity index (χ0n) is 9.17. The van der Waals surface area contributed by atoms with Crippen LogP contribution in [0.1, 0.15) is 11.4 Å².